The van der Waals surface area contributed by atoms with Crippen molar-refractivity contribution in [2.45, 2.75) is 33.1 Å². The number of aromatic nitrogens is 2. The number of carbonyl (C=O) groups is 1. The van der Waals surface area contributed by atoms with Crippen LogP contribution in [0.4, 0.5) is 0 Å². The van der Waals surface area contributed by atoms with Crippen LogP contribution in [0.1, 0.15) is 43.5 Å². The number of carbonyl (C=O) groups excluding carboxylic acids is 1. The Bertz CT molecular complexity index is 547. The fourth-order valence-electron chi connectivity index (χ4n) is 2.17. The van der Waals surface area contributed by atoms with E-state index in [2.05, 4.69) is 18.8 Å². The summed E-state index contributed by atoms with van der Waals surface area (Å²) in [4.78, 5) is 18.5. The van der Waals surface area contributed by atoms with Crippen molar-refractivity contribution in [3.63, 3.8) is 0 Å². The molecule has 0 N–H and O–H groups in total. The number of fused-ring (bicyclic) bond motifs is 1. The van der Waals surface area contributed by atoms with Crippen LogP contribution in [-0.4, -0.2) is 33.3 Å². The van der Waals surface area contributed by atoms with Gasteiger partial charge in [0.2, 0.25) is 0 Å². The molecule has 0 unspecified atom stereocenters. The molecule has 1 amide bonds. The highest BCUT2D eigenvalue weighted by Crippen LogP contribution is 2.11. The van der Waals surface area contributed by atoms with Gasteiger partial charge >= 0.3 is 0 Å². The number of hydrogen-bond acceptors (Lipinski definition) is 2. The van der Waals surface area contributed by atoms with Crippen LogP contribution in [-0.2, 0) is 0 Å². The van der Waals surface area contributed by atoms with Crippen molar-refractivity contribution in [2.75, 3.05) is 13.1 Å². The van der Waals surface area contributed by atoms with E-state index in [1.165, 1.54) is 0 Å². The minimum absolute atomic E-state index is 0.124. The van der Waals surface area contributed by atoms with E-state index >= 15 is 0 Å². The van der Waals surface area contributed by atoms with Crippen molar-refractivity contribution < 1.29 is 4.79 Å². The highest BCUT2D eigenvalue weighted by atomic mass is 16.2. The molecule has 0 aromatic carbocycles. The van der Waals surface area contributed by atoms with Crippen molar-refractivity contribution in [2.24, 2.45) is 0 Å². The van der Waals surface area contributed by atoms with Crippen LogP contribution in [0.3, 0.4) is 0 Å². The number of imidazole rings is 1. The predicted molar refractivity (Wildman–Crippen MR) is 76.3 cm³/mol. The first kappa shape index (κ1) is 13.6. The van der Waals surface area contributed by atoms with Gasteiger partial charge in [-0.2, -0.15) is 0 Å². The third kappa shape index (κ3) is 3.13. The lowest BCUT2D eigenvalue weighted by Gasteiger charge is -2.22. The number of unbranched alkanes of at least 4 members (excludes halogenated alkanes) is 1. The van der Waals surface area contributed by atoms with Gasteiger partial charge in [-0.05, 0) is 25.0 Å². The lowest BCUT2D eigenvalue weighted by atomic mass is 10.2. The summed E-state index contributed by atoms with van der Waals surface area (Å²) in [5, 5.41) is 0. The van der Waals surface area contributed by atoms with Crippen LogP contribution in [0.25, 0.3) is 5.52 Å². The van der Waals surface area contributed by atoms with E-state index < -0.39 is 0 Å². The average Bonchev–Trinajstić information content (AvgIpc) is 2.90. The number of pyridine rings is 1. The monoisotopic (exact) mass is 259 g/mol. The molecule has 2 aromatic rings. The molecule has 0 aliphatic carbocycles. The molecule has 0 saturated carbocycles. The summed E-state index contributed by atoms with van der Waals surface area (Å²) in [5.41, 5.74) is 1.70. The molecule has 0 spiro atoms. The topological polar surface area (TPSA) is 37.6 Å². The molecular formula is C15H21N3O. The number of hydrogen-bond donors (Lipinski definition) is 0. The van der Waals surface area contributed by atoms with Gasteiger partial charge < -0.3 is 9.30 Å². The summed E-state index contributed by atoms with van der Waals surface area (Å²) in [6, 6.07) is 3.77. The summed E-state index contributed by atoms with van der Waals surface area (Å²) < 4.78 is 1.91. The molecule has 0 saturated heterocycles. The Labute approximate surface area is 114 Å². The fourth-order valence-corrected chi connectivity index (χ4v) is 2.17. The van der Waals surface area contributed by atoms with Crippen LogP contribution >= 0.6 is 0 Å². The van der Waals surface area contributed by atoms with Gasteiger partial charge in [-0.25, -0.2) is 4.98 Å². The molecule has 102 valence electrons. The summed E-state index contributed by atoms with van der Waals surface area (Å²) in [6.45, 7) is 5.91. The largest absolute Gasteiger partial charge is 0.339 e. The molecule has 0 radical (unpaired) electrons. The first-order chi connectivity index (χ1) is 9.26. The Balaban J connectivity index is 2.19. The van der Waals surface area contributed by atoms with Crippen LogP contribution in [0.2, 0.25) is 0 Å². The van der Waals surface area contributed by atoms with E-state index in [-0.39, 0.29) is 5.91 Å². The SMILES string of the molecule is CCCCN(CCC)C(=O)c1ccn2cncc2c1. The minimum atomic E-state index is 0.124. The van der Waals surface area contributed by atoms with Crippen molar-refractivity contribution in [3.8, 4) is 0 Å². The van der Waals surface area contributed by atoms with Gasteiger partial charge in [0.25, 0.3) is 5.91 Å². The van der Waals surface area contributed by atoms with Gasteiger partial charge in [-0.3, -0.25) is 4.79 Å². The first-order valence-electron chi connectivity index (χ1n) is 6.97. The zero-order valence-electron chi connectivity index (χ0n) is 11.7. The number of nitrogens with zero attached hydrogens (tertiary/aromatic N) is 3. The van der Waals surface area contributed by atoms with Crippen molar-refractivity contribution in [1.82, 2.24) is 14.3 Å². The van der Waals surface area contributed by atoms with Crippen molar-refractivity contribution >= 4 is 11.4 Å². The van der Waals surface area contributed by atoms with Gasteiger partial charge in [0.1, 0.15) is 0 Å². The predicted octanol–water partition coefficient (Wildman–Crippen LogP) is 2.99. The molecule has 0 aliphatic heterocycles. The van der Waals surface area contributed by atoms with Gasteiger partial charge in [-0.15, -0.1) is 0 Å². The molecule has 0 atom stereocenters. The van der Waals surface area contributed by atoms with E-state index in [1.807, 2.05) is 27.6 Å². The maximum absolute atomic E-state index is 12.5. The van der Waals surface area contributed by atoms with Crippen LogP contribution in [0.15, 0.2) is 30.9 Å². The molecule has 4 heteroatoms. The number of rotatable bonds is 6. The maximum Gasteiger partial charge on any atom is 0.253 e. The maximum atomic E-state index is 12.5. The molecule has 0 fully saturated rings. The molecular weight excluding hydrogens is 238 g/mol. The normalized spacial score (nSPS) is 10.8. The van der Waals surface area contributed by atoms with Gasteiger partial charge in [0.05, 0.1) is 18.0 Å². The quantitative estimate of drug-likeness (QED) is 0.799. The molecule has 0 aliphatic rings. The second kappa shape index (κ2) is 6.36. The Morgan fingerprint density at radius 3 is 2.89 bits per heavy atom. The molecule has 2 heterocycles. The lowest BCUT2D eigenvalue weighted by molar-refractivity contribution is 0.0753. The Kier molecular flexibility index (Phi) is 4.55. The smallest absolute Gasteiger partial charge is 0.253 e. The fraction of sp³-hybridized carbons (Fsp3) is 0.467. The molecule has 4 nitrogen and oxygen atoms in total. The van der Waals surface area contributed by atoms with Crippen LogP contribution in [0, 0.1) is 0 Å². The highest BCUT2D eigenvalue weighted by Gasteiger charge is 2.14. The second-order valence-electron chi connectivity index (χ2n) is 4.79. The third-order valence-corrected chi connectivity index (χ3v) is 3.22. The third-order valence-electron chi connectivity index (χ3n) is 3.22. The average molecular weight is 259 g/mol. The Hall–Kier alpha value is -1.84. The van der Waals surface area contributed by atoms with Crippen LogP contribution in [0.5, 0.6) is 0 Å². The van der Waals surface area contributed by atoms with Gasteiger partial charge in [0.15, 0.2) is 0 Å². The summed E-state index contributed by atoms with van der Waals surface area (Å²) in [7, 11) is 0. The molecule has 2 aromatic heterocycles. The Morgan fingerprint density at radius 2 is 2.16 bits per heavy atom. The first-order valence-corrected chi connectivity index (χ1v) is 6.97. The summed E-state index contributed by atoms with van der Waals surface area (Å²) in [6.07, 6.45) is 8.55. The van der Waals surface area contributed by atoms with Crippen molar-refractivity contribution in [3.05, 3.63) is 36.4 Å². The number of amides is 1. The highest BCUT2D eigenvalue weighted by molar-refractivity contribution is 5.95. The lowest BCUT2D eigenvalue weighted by Crippen LogP contribution is -2.32. The van der Waals surface area contributed by atoms with Gasteiger partial charge in [-0.1, -0.05) is 20.3 Å². The summed E-state index contributed by atoms with van der Waals surface area (Å²) >= 11 is 0. The zero-order valence-corrected chi connectivity index (χ0v) is 11.7. The van der Waals surface area contributed by atoms with Gasteiger partial charge in [0, 0.05) is 24.8 Å². The second-order valence-corrected chi connectivity index (χ2v) is 4.79. The molecule has 0 bridgehead atoms. The van der Waals surface area contributed by atoms with E-state index in [0.717, 1.165) is 43.4 Å². The van der Waals surface area contributed by atoms with E-state index in [1.54, 1.807) is 12.5 Å². The summed E-state index contributed by atoms with van der Waals surface area (Å²) in [5.74, 6) is 0.124. The van der Waals surface area contributed by atoms with E-state index in [0.29, 0.717) is 0 Å². The zero-order chi connectivity index (χ0) is 13.7. The molecule has 2 rings (SSSR count). The minimum Gasteiger partial charge on any atom is -0.339 e. The van der Waals surface area contributed by atoms with E-state index in [4.69, 9.17) is 0 Å². The molecule has 19 heavy (non-hydrogen) atoms. The van der Waals surface area contributed by atoms with Crippen LogP contribution < -0.4 is 0 Å². The van der Waals surface area contributed by atoms with Crippen molar-refractivity contribution in [1.29, 1.82) is 0 Å². The Morgan fingerprint density at radius 1 is 1.32 bits per heavy atom. The van der Waals surface area contributed by atoms with E-state index in [9.17, 15) is 4.79 Å². The standard InChI is InChI=1S/C15H21N3O/c1-3-5-8-17(7-4-2)15(19)13-6-9-18-12-16-11-14(18)10-13/h6,9-12H,3-5,7-8H2,1-2H3.